The van der Waals surface area contributed by atoms with Crippen molar-refractivity contribution in [1.29, 1.82) is 0 Å². The van der Waals surface area contributed by atoms with Crippen LogP contribution in [0.25, 0.3) is 0 Å². The molecule has 0 saturated carbocycles. The molecule has 0 aliphatic carbocycles. The van der Waals surface area contributed by atoms with Gasteiger partial charge < -0.3 is 10.6 Å². The minimum absolute atomic E-state index is 0.319. The molecule has 1 aliphatic rings. The Bertz CT molecular complexity index is 181. The van der Waals surface area contributed by atoms with Crippen molar-refractivity contribution in [2.45, 2.75) is 37.5 Å². The molecule has 14 heavy (non-hydrogen) atoms. The van der Waals surface area contributed by atoms with Crippen LogP contribution in [0.1, 0.15) is 26.2 Å². The van der Waals surface area contributed by atoms with Gasteiger partial charge in [-0.1, -0.05) is 6.92 Å². The second kappa shape index (κ2) is 6.53. The van der Waals surface area contributed by atoms with Crippen LogP contribution < -0.4 is 10.6 Å². The molecular formula is C10H22N2OS. The average Bonchev–Trinajstić information content (AvgIpc) is 2.19. The third-order valence-electron chi connectivity index (χ3n) is 2.85. The minimum Gasteiger partial charge on any atom is -0.315 e. The molecule has 3 unspecified atom stereocenters. The van der Waals surface area contributed by atoms with Crippen LogP contribution >= 0.6 is 0 Å². The Kier molecular flexibility index (Phi) is 5.67. The summed E-state index contributed by atoms with van der Waals surface area (Å²) in [6.07, 6.45) is 5.34. The van der Waals surface area contributed by atoms with Crippen molar-refractivity contribution < 1.29 is 4.21 Å². The predicted octanol–water partition coefficient (Wildman–Crippen LogP) is 0.485. The van der Waals surface area contributed by atoms with E-state index in [0.717, 1.165) is 26.1 Å². The smallest absolute Gasteiger partial charge is 0.0329 e. The summed E-state index contributed by atoms with van der Waals surface area (Å²) in [5.74, 6) is 0. The Morgan fingerprint density at radius 2 is 2.43 bits per heavy atom. The van der Waals surface area contributed by atoms with Gasteiger partial charge in [0.05, 0.1) is 0 Å². The molecular weight excluding hydrogens is 196 g/mol. The molecule has 0 amide bonds. The molecule has 3 atom stereocenters. The molecule has 0 radical (unpaired) electrons. The zero-order chi connectivity index (χ0) is 10.4. The zero-order valence-electron chi connectivity index (χ0n) is 9.21. The van der Waals surface area contributed by atoms with Crippen LogP contribution in [0, 0.1) is 0 Å². The first-order valence-electron chi connectivity index (χ1n) is 5.46. The highest BCUT2D eigenvalue weighted by atomic mass is 32.2. The average molecular weight is 218 g/mol. The highest BCUT2D eigenvalue weighted by Gasteiger charge is 2.12. The zero-order valence-corrected chi connectivity index (χ0v) is 10.0. The van der Waals surface area contributed by atoms with Crippen molar-refractivity contribution in [2.24, 2.45) is 0 Å². The largest absolute Gasteiger partial charge is 0.315 e. The fourth-order valence-electron chi connectivity index (χ4n) is 1.68. The first kappa shape index (κ1) is 12.1. The van der Waals surface area contributed by atoms with Crippen LogP contribution in [0.4, 0.5) is 0 Å². The van der Waals surface area contributed by atoms with Gasteiger partial charge in [-0.25, -0.2) is 0 Å². The Morgan fingerprint density at radius 3 is 3.00 bits per heavy atom. The molecule has 1 heterocycles. The van der Waals surface area contributed by atoms with Crippen LogP contribution in [-0.4, -0.2) is 41.4 Å². The lowest BCUT2D eigenvalue weighted by molar-refractivity contribution is 0.388. The molecule has 1 aliphatic heterocycles. The molecule has 1 rings (SSSR count). The lowest BCUT2D eigenvalue weighted by Gasteiger charge is -2.24. The molecule has 84 valence electrons. The molecule has 0 aromatic rings. The van der Waals surface area contributed by atoms with Crippen LogP contribution in [0.5, 0.6) is 0 Å². The Hall–Kier alpha value is 0.0700. The lowest BCUT2D eigenvalue weighted by Crippen LogP contribution is -2.43. The first-order chi connectivity index (χ1) is 6.70. The summed E-state index contributed by atoms with van der Waals surface area (Å²) in [5, 5.41) is 7.20. The summed E-state index contributed by atoms with van der Waals surface area (Å²) >= 11 is 0. The number of nitrogens with one attached hydrogen (secondary N) is 2. The van der Waals surface area contributed by atoms with E-state index in [1.165, 1.54) is 12.8 Å². The number of hydrogen-bond acceptors (Lipinski definition) is 3. The van der Waals surface area contributed by atoms with Crippen molar-refractivity contribution in [2.75, 3.05) is 25.9 Å². The molecule has 1 saturated heterocycles. The maximum Gasteiger partial charge on any atom is 0.0329 e. The van der Waals surface area contributed by atoms with Gasteiger partial charge in [-0.3, -0.25) is 4.21 Å². The summed E-state index contributed by atoms with van der Waals surface area (Å²) < 4.78 is 11.1. The van der Waals surface area contributed by atoms with E-state index in [1.807, 2.05) is 0 Å². The van der Waals surface area contributed by atoms with Gasteiger partial charge >= 0.3 is 0 Å². The van der Waals surface area contributed by atoms with Crippen LogP contribution in [0.3, 0.4) is 0 Å². The maximum atomic E-state index is 11.1. The van der Waals surface area contributed by atoms with E-state index >= 15 is 0 Å². The number of hydrogen-bond donors (Lipinski definition) is 2. The molecule has 1 fully saturated rings. The van der Waals surface area contributed by atoms with Gasteiger partial charge in [-0.05, 0) is 32.4 Å². The Morgan fingerprint density at radius 1 is 1.64 bits per heavy atom. The summed E-state index contributed by atoms with van der Waals surface area (Å²) in [5.41, 5.74) is 0. The fourth-order valence-corrected chi connectivity index (χ4v) is 2.13. The van der Waals surface area contributed by atoms with E-state index in [4.69, 9.17) is 0 Å². The summed E-state index contributed by atoms with van der Waals surface area (Å²) in [6.45, 7) is 5.29. The molecule has 2 N–H and O–H groups in total. The van der Waals surface area contributed by atoms with Crippen molar-refractivity contribution >= 4 is 10.8 Å². The van der Waals surface area contributed by atoms with E-state index in [-0.39, 0.29) is 0 Å². The number of rotatable bonds is 5. The van der Waals surface area contributed by atoms with Gasteiger partial charge in [-0.2, -0.15) is 0 Å². The second-order valence-electron chi connectivity index (χ2n) is 4.10. The van der Waals surface area contributed by atoms with Gasteiger partial charge in [0.15, 0.2) is 0 Å². The molecule has 0 bridgehead atoms. The summed E-state index contributed by atoms with van der Waals surface area (Å²) in [7, 11) is -0.672. The van der Waals surface area contributed by atoms with Crippen LogP contribution in [0.2, 0.25) is 0 Å². The topological polar surface area (TPSA) is 41.1 Å². The third kappa shape index (κ3) is 4.53. The van der Waals surface area contributed by atoms with Gasteiger partial charge in [0.25, 0.3) is 0 Å². The predicted molar refractivity (Wildman–Crippen MR) is 62.0 cm³/mol. The normalized spacial score (nSPS) is 27.1. The van der Waals surface area contributed by atoms with Gasteiger partial charge in [0, 0.05) is 34.9 Å². The molecule has 0 aromatic carbocycles. The first-order valence-corrected chi connectivity index (χ1v) is 7.08. The van der Waals surface area contributed by atoms with Crippen molar-refractivity contribution in [3.8, 4) is 0 Å². The Labute approximate surface area is 89.5 Å². The minimum atomic E-state index is -0.672. The maximum absolute atomic E-state index is 11.1. The van der Waals surface area contributed by atoms with Gasteiger partial charge in [-0.15, -0.1) is 0 Å². The lowest BCUT2D eigenvalue weighted by atomic mass is 10.1. The highest BCUT2D eigenvalue weighted by Crippen LogP contribution is 2.02. The number of piperidine rings is 1. The van der Waals surface area contributed by atoms with Gasteiger partial charge in [0.2, 0.25) is 0 Å². The van der Waals surface area contributed by atoms with E-state index in [1.54, 1.807) is 6.26 Å². The fraction of sp³-hybridized carbons (Fsp3) is 1.00. The second-order valence-corrected chi connectivity index (χ2v) is 5.90. The van der Waals surface area contributed by atoms with E-state index in [2.05, 4.69) is 17.6 Å². The summed E-state index contributed by atoms with van der Waals surface area (Å²) in [4.78, 5) is 0. The van der Waals surface area contributed by atoms with Crippen LogP contribution in [-0.2, 0) is 10.8 Å². The van der Waals surface area contributed by atoms with E-state index in [0.29, 0.717) is 11.3 Å². The molecule has 4 heteroatoms. The monoisotopic (exact) mass is 218 g/mol. The SMILES string of the molecule is CC(CCNC1CCCNC1)S(C)=O. The molecule has 0 spiro atoms. The summed E-state index contributed by atoms with van der Waals surface area (Å²) in [6, 6.07) is 0.626. The van der Waals surface area contributed by atoms with Gasteiger partial charge in [0.1, 0.15) is 0 Å². The van der Waals surface area contributed by atoms with E-state index in [9.17, 15) is 4.21 Å². The van der Waals surface area contributed by atoms with E-state index < -0.39 is 10.8 Å². The molecule has 0 aromatic heterocycles. The highest BCUT2D eigenvalue weighted by molar-refractivity contribution is 7.84. The Balaban J connectivity index is 2.05. The quantitative estimate of drug-likeness (QED) is 0.705. The molecule has 3 nitrogen and oxygen atoms in total. The van der Waals surface area contributed by atoms with Crippen LogP contribution in [0.15, 0.2) is 0 Å². The standard InChI is InChI=1S/C10H22N2OS/c1-9(14(2)13)5-7-12-10-4-3-6-11-8-10/h9-12H,3-8H2,1-2H3. The van der Waals surface area contributed by atoms with Crippen molar-refractivity contribution in [1.82, 2.24) is 10.6 Å². The third-order valence-corrected chi connectivity index (χ3v) is 4.22. The van der Waals surface area contributed by atoms with Crippen molar-refractivity contribution in [3.05, 3.63) is 0 Å². The van der Waals surface area contributed by atoms with Crippen molar-refractivity contribution in [3.63, 3.8) is 0 Å².